The van der Waals surface area contributed by atoms with Crippen molar-refractivity contribution in [3.63, 3.8) is 0 Å². The van der Waals surface area contributed by atoms with Crippen LogP contribution in [0.2, 0.25) is 0 Å². The van der Waals surface area contributed by atoms with Gasteiger partial charge in [0.25, 0.3) is 0 Å². The topological polar surface area (TPSA) is 35.6 Å². The summed E-state index contributed by atoms with van der Waals surface area (Å²) in [5, 5.41) is 3.30. The average Bonchev–Trinajstić information content (AvgIpc) is 2.91. The molecule has 6 heteroatoms. The van der Waals surface area contributed by atoms with Gasteiger partial charge in [-0.2, -0.15) is 0 Å². The van der Waals surface area contributed by atoms with Crippen LogP contribution >= 0.6 is 24.8 Å². The minimum atomic E-state index is 0. The van der Waals surface area contributed by atoms with Gasteiger partial charge in [-0.3, -0.25) is 4.79 Å². The van der Waals surface area contributed by atoms with Gasteiger partial charge in [0, 0.05) is 32.2 Å². The monoisotopic (exact) mass is 325 g/mol. The number of nitrogens with zero attached hydrogens (tertiary/aromatic N) is 2. The molecule has 1 atom stereocenters. The molecule has 1 N–H and O–H groups in total. The number of hydrogen-bond donors (Lipinski definition) is 1. The Morgan fingerprint density at radius 2 is 1.80 bits per heavy atom. The van der Waals surface area contributed by atoms with Gasteiger partial charge in [-0.15, -0.1) is 24.8 Å². The summed E-state index contributed by atoms with van der Waals surface area (Å²) in [4.78, 5) is 16.8. The predicted molar refractivity (Wildman–Crippen MR) is 88.0 cm³/mol. The summed E-state index contributed by atoms with van der Waals surface area (Å²) in [7, 11) is 1.98. The molecule has 2 heterocycles. The molecule has 2 saturated heterocycles. The Hall–Kier alpha value is -0.0300. The van der Waals surface area contributed by atoms with Gasteiger partial charge in [0.15, 0.2) is 0 Å². The number of piperidine rings is 1. The molecule has 120 valence electrons. The van der Waals surface area contributed by atoms with Crippen molar-refractivity contribution in [3.8, 4) is 0 Å². The molecule has 0 bridgehead atoms. The van der Waals surface area contributed by atoms with E-state index in [0.29, 0.717) is 18.0 Å². The Labute approximate surface area is 135 Å². The van der Waals surface area contributed by atoms with Crippen LogP contribution in [-0.4, -0.2) is 60.5 Å². The Morgan fingerprint density at radius 1 is 1.20 bits per heavy atom. The second-order valence-corrected chi connectivity index (χ2v) is 5.96. The Morgan fingerprint density at radius 3 is 2.25 bits per heavy atom. The van der Waals surface area contributed by atoms with E-state index in [9.17, 15) is 4.79 Å². The zero-order chi connectivity index (χ0) is 13.1. The Bertz CT molecular complexity index is 288. The smallest absolute Gasteiger partial charge is 0.239 e. The maximum atomic E-state index is 12.3. The van der Waals surface area contributed by atoms with Gasteiger partial charge in [0.2, 0.25) is 5.91 Å². The highest BCUT2D eigenvalue weighted by Gasteiger charge is 2.31. The molecule has 0 radical (unpaired) electrons. The van der Waals surface area contributed by atoms with Crippen LogP contribution in [0.5, 0.6) is 0 Å². The third-order valence-electron chi connectivity index (χ3n) is 4.48. The zero-order valence-electron chi connectivity index (χ0n) is 12.8. The number of amides is 1. The molecule has 20 heavy (non-hydrogen) atoms. The van der Waals surface area contributed by atoms with E-state index >= 15 is 0 Å². The van der Waals surface area contributed by atoms with Gasteiger partial charge in [-0.1, -0.05) is 0 Å². The van der Waals surface area contributed by atoms with Gasteiger partial charge in [0.05, 0.1) is 6.04 Å². The van der Waals surface area contributed by atoms with Gasteiger partial charge in [-0.25, -0.2) is 0 Å². The molecular weight excluding hydrogens is 297 g/mol. The number of likely N-dealkylation sites (N-methyl/N-ethyl adjacent to an activating group) is 1. The molecule has 0 aromatic carbocycles. The standard InChI is InChI=1S/C14H27N3O.2ClH/c1-11(2)17-9-6-12(7-10-17)16(3)14(18)13-5-4-8-15-13;;/h11-13,15H,4-10H2,1-3H3;2*1H. The number of rotatable bonds is 3. The van der Waals surface area contributed by atoms with Crippen LogP contribution < -0.4 is 5.32 Å². The highest BCUT2D eigenvalue weighted by Crippen LogP contribution is 2.19. The zero-order valence-corrected chi connectivity index (χ0v) is 14.4. The first-order valence-corrected chi connectivity index (χ1v) is 7.33. The van der Waals surface area contributed by atoms with Crippen LogP contribution in [0, 0.1) is 0 Å². The van der Waals surface area contributed by atoms with Crippen molar-refractivity contribution in [2.24, 2.45) is 0 Å². The van der Waals surface area contributed by atoms with E-state index in [2.05, 4.69) is 24.1 Å². The van der Waals surface area contributed by atoms with Crippen molar-refractivity contribution in [1.29, 1.82) is 0 Å². The van der Waals surface area contributed by atoms with Gasteiger partial charge >= 0.3 is 0 Å². The summed E-state index contributed by atoms with van der Waals surface area (Å²) < 4.78 is 0. The van der Waals surface area contributed by atoms with Crippen molar-refractivity contribution >= 4 is 30.7 Å². The third kappa shape index (κ3) is 4.76. The van der Waals surface area contributed by atoms with Gasteiger partial charge < -0.3 is 15.1 Å². The molecule has 0 aromatic heterocycles. The number of nitrogens with one attached hydrogen (secondary N) is 1. The maximum Gasteiger partial charge on any atom is 0.239 e. The first kappa shape index (κ1) is 20.0. The third-order valence-corrected chi connectivity index (χ3v) is 4.48. The number of hydrogen-bond acceptors (Lipinski definition) is 3. The van der Waals surface area contributed by atoms with E-state index in [1.54, 1.807) is 0 Å². The molecule has 0 spiro atoms. The maximum absolute atomic E-state index is 12.3. The van der Waals surface area contributed by atoms with E-state index in [1.807, 2.05) is 11.9 Å². The molecule has 2 aliphatic rings. The summed E-state index contributed by atoms with van der Waals surface area (Å²) in [5.74, 6) is 0.301. The van der Waals surface area contributed by atoms with Crippen molar-refractivity contribution in [1.82, 2.24) is 15.1 Å². The first-order chi connectivity index (χ1) is 8.59. The van der Waals surface area contributed by atoms with Gasteiger partial charge in [0.1, 0.15) is 0 Å². The fourth-order valence-electron chi connectivity index (χ4n) is 3.11. The van der Waals surface area contributed by atoms with Crippen LogP contribution in [0.1, 0.15) is 39.5 Å². The van der Waals surface area contributed by atoms with Crippen LogP contribution in [0.25, 0.3) is 0 Å². The van der Waals surface area contributed by atoms with E-state index in [0.717, 1.165) is 45.3 Å². The van der Waals surface area contributed by atoms with Crippen molar-refractivity contribution in [3.05, 3.63) is 0 Å². The van der Waals surface area contributed by atoms with Crippen molar-refractivity contribution < 1.29 is 4.79 Å². The second-order valence-electron chi connectivity index (χ2n) is 5.96. The summed E-state index contributed by atoms with van der Waals surface area (Å²) >= 11 is 0. The van der Waals surface area contributed by atoms with Crippen LogP contribution in [-0.2, 0) is 4.79 Å². The number of likely N-dealkylation sites (tertiary alicyclic amines) is 1. The molecule has 2 rings (SSSR count). The number of halogens is 2. The highest BCUT2D eigenvalue weighted by molar-refractivity contribution is 5.85. The Kier molecular flexibility index (Phi) is 9.07. The van der Waals surface area contributed by atoms with E-state index in [-0.39, 0.29) is 30.9 Å². The lowest BCUT2D eigenvalue weighted by Crippen LogP contribution is -2.51. The van der Waals surface area contributed by atoms with Crippen LogP contribution in [0.4, 0.5) is 0 Å². The lowest BCUT2D eigenvalue weighted by atomic mass is 10.0. The van der Waals surface area contributed by atoms with Crippen LogP contribution in [0.3, 0.4) is 0 Å². The number of carbonyl (C=O) groups is 1. The Balaban J connectivity index is 0.00000180. The van der Waals surface area contributed by atoms with E-state index in [1.165, 1.54) is 0 Å². The van der Waals surface area contributed by atoms with E-state index in [4.69, 9.17) is 0 Å². The normalized spacial score (nSPS) is 24.1. The largest absolute Gasteiger partial charge is 0.341 e. The SMILES string of the molecule is CC(C)N1CCC(N(C)C(=O)C2CCCN2)CC1.Cl.Cl. The fourth-order valence-corrected chi connectivity index (χ4v) is 3.11. The minimum absolute atomic E-state index is 0. The van der Waals surface area contributed by atoms with Crippen LogP contribution in [0.15, 0.2) is 0 Å². The summed E-state index contributed by atoms with van der Waals surface area (Å²) in [6.45, 7) is 7.74. The molecule has 1 amide bonds. The molecular formula is C14H29Cl2N3O. The quantitative estimate of drug-likeness (QED) is 0.861. The van der Waals surface area contributed by atoms with Crippen molar-refractivity contribution in [2.75, 3.05) is 26.7 Å². The average molecular weight is 326 g/mol. The molecule has 4 nitrogen and oxygen atoms in total. The molecule has 2 fully saturated rings. The van der Waals surface area contributed by atoms with Gasteiger partial charge in [-0.05, 0) is 46.1 Å². The molecule has 1 unspecified atom stereocenters. The van der Waals surface area contributed by atoms with Crippen molar-refractivity contribution in [2.45, 2.75) is 57.7 Å². The van der Waals surface area contributed by atoms with E-state index < -0.39 is 0 Å². The lowest BCUT2D eigenvalue weighted by Gasteiger charge is -2.39. The lowest BCUT2D eigenvalue weighted by molar-refractivity contribution is -0.134. The number of carbonyl (C=O) groups excluding carboxylic acids is 1. The first-order valence-electron chi connectivity index (χ1n) is 7.33. The second kappa shape index (κ2) is 9.08. The highest BCUT2D eigenvalue weighted by atomic mass is 35.5. The summed E-state index contributed by atoms with van der Waals surface area (Å²) in [6, 6.07) is 1.15. The molecule has 0 saturated carbocycles. The minimum Gasteiger partial charge on any atom is -0.341 e. The predicted octanol–water partition coefficient (Wildman–Crippen LogP) is 1.91. The fraction of sp³-hybridized carbons (Fsp3) is 0.929. The summed E-state index contributed by atoms with van der Waals surface area (Å²) in [5.41, 5.74) is 0. The molecule has 2 aliphatic heterocycles. The molecule has 0 aromatic rings. The summed E-state index contributed by atoms with van der Waals surface area (Å²) in [6.07, 6.45) is 4.38. The molecule has 0 aliphatic carbocycles.